The highest BCUT2D eigenvalue weighted by atomic mass is 32.2. The van der Waals surface area contributed by atoms with Gasteiger partial charge in [0.15, 0.2) is 0 Å². The number of thiazole rings is 1. The molecular weight excluding hydrogens is 426 g/mol. The maximum absolute atomic E-state index is 13.2. The van der Waals surface area contributed by atoms with Crippen LogP contribution in [0.3, 0.4) is 0 Å². The molecule has 2 aliphatic heterocycles. The van der Waals surface area contributed by atoms with Gasteiger partial charge in [0, 0.05) is 42.3 Å². The van der Waals surface area contributed by atoms with Crippen molar-refractivity contribution in [3.8, 4) is 11.3 Å². The van der Waals surface area contributed by atoms with Crippen LogP contribution in [0.15, 0.2) is 61.7 Å². The fourth-order valence-corrected chi connectivity index (χ4v) is 6.82. The lowest BCUT2D eigenvalue weighted by Gasteiger charge is -2.30. The molecule has 0 amide bonds. The van der Waals surface area contributed by atoms with Crippen molar-refractivity contribution in [2.75, 3.05) is 13.1 Å². The number of hydrogen-bond acceptors (Lipinski definition) is 7. The first kappa shape index (κ1) is 18.7. The smallest absolute Gasteiger partial charge is 0.245 e. The molecule has 7 nitrogen and oxygen atoms in total. The molecule has 0 unspecified atom stereocenters. The van der Waals surface area contributed by atoms with Crippen LogP contribution in [0.1, 0.15) is 23.8 Å². The Morgan fingerprint density at radius 2 is 1.83 bits per heavy atom. The van der Waals surface area contributed by atoms with Crippen LogP contribution in [0, 0.1) is 0 Å². The maximum Gasteiger partial charge on any atom is 0.245 e. The molecule has 2 aliphatic rings. The molecule has 5 rings (SSSR count). The molecule has 0 aliphatic carbocycles. The van der Waals surface area contributed by atoms with Crippen LogP contribution in [0.25, 0.3) is 11.3 Å². The Bertz CT molecular complexity index is 1230. The van der Waals surface area contributed by atoms with Crippen molar-refractivity contribution in [3.05, 3.63) is 53.1 Å². The van der Waals surface area contributed by atoms with Crippen LogP contribution in [-0.2, 0) is 21.4 Å². The normalized spacial score (nSPS) is 17.2. The average Bonchev–Trinajstić information content (AvgIpc) is 3.44. The fraction of sp³-hybridized carbons (Fsp3) is 0.263. The van der Waals surface area contributed by atoms with Gasteiger partial charge in [0.2, 0.25) is 10.0 Å². The first-order valence-electron chi connectivity index (χ1n) is 9.20. The Balaban J connectivity index is 1.32. The summed E-state index contributed by atoms with van der Waals surface area (Å²) in [5, 5.41) is 3.13. The van der Waals surface area contributed by atoms with Gasteiger partial charge in [-0.2, -0.15) is 13.0 Å². The van der Waals surface area contributed by atoms with Crippen molar-refractivity contribution in [3.63, 3.8) is 0 Å². The van der Waals surface area contributed by atoms with Gasteiger partial charge in [-0.25, -0.2) is 13.4 Å². The standard InChI is InChI=1S/C19H17N5O2S3/c25-29(26,17-3-1-2-15-18(17)23-28-22-15)24-10-6-14(7-11-24)19-21-16(12-27-19)13-4-8-20-9-5-13/h1-5,8-9,12,14H,6-7,10-11H2. The second kappa shape index (κ2) is 7.52. The van der Waals surface area contributed by atoms with E-state index in [-0.39, 0.29) is 10.8 Å². The molecule has 0 radical (unpaired) electrons. The van der Waals surface area contributed by atoms with E-state index in [4.69, 9.17) is 4.98 Å². The third-order valence-electron chi connectivity index (χ3n) is 5.17. The Kier molecular flexibility index (Phi) is 4.86. The maximum atomic E-state index is 13.2. The molecule has 148 valence electrons. The van der Waals surface area contributed by atoms with Crippen molar-refractivity contribution in [2.45, 2.75) is 23.7 Å². The van der Waals surface area contributed by atoms with Crippen LogP contribution in [0.4, 0.5) is 11.4 Å². The minimum absolute atomic E-state index is 0.247. The first-order valence-corrected chi connectivity index (χ1v) is 12.3. The lowest BCUT2D eigenvalue weighted by Crippen LogP contribution is -2.37. The summed E-state index contributed by atoms with van der Waals surface area (Å²) in [6.07, 6.45) is 5.04. The average molecular weight is 444 g/mol. The number of aromatic nitrogens is 2. The first-order chi connectivity index (χ1) is 14.1. The molecule has 1 saturated heterocycles. The van der Waals surface area contributed by atoms with E-state index in [1.54, 1.807) is 46.2 Å². The van der Waals surface area contributed by atoms with E-state index >= 15 is 0 Å². The zero-order chi connectivity index (χ0) is 19.8. The molecule has 4 heterocycles. The number of sulfonamides is 1. The van der Waals surface area contributed by atoms with Gasteiger partial charge in [0.1, 0.15) is 16.3 Å². The van der Waals surface area contributed by atoms with E-state index in [2.05, 4.69) is 19.1 Å². The molecule has 29 heavy (non-hydrogen) atoms. The molecule has 0 N–H and O–H groups in total. The van der Waals surface area contributed by atoms with Crippen molar-refractivity contribution in [1.29, 1.82) is 0 Å². The number of benzene rings is 1. The number of pyridine rings is 1. The van der Waals surface area contributed by atoms with Crippen molar-refractivity contribution < 1.29 is 8.42 Å². The van der Waals surface area contributed by atoms with Gasteiger partial charge in [-0.15, -0.1) is 11.3 Å². The summed E-state index contributed by atoms with van der Waals surface area (Å²) in [7, 11) is -3.59. The SMILES string of the molecule is O=S(=O)(c1cccc2c1N=S=N2)N1CCC(c2nc(-c3ccncc3)cs2)CC1. The zero-order valence-electron chi connectivity index (χ0n) is 15.3. The van der Waals surface area contributed by atoms with Gasteiger partial charge < -0.3 is 0 Å². The molecular formula is C19H17N5O2S3. The molecule has 10 heteroatoms. The van der Waals surface area contributed by atoms with Gasteiger partial charge in [-0.3, -0.25) is 4.98 Å². The van der Waals surface area contributed by atoms with Gasteiger partial charge in [0.25, 0.3) is 0 Å². The summed E-state index contributed by atoms with van der Waals surface area (Å²) in [6, 6.07) is 9.02. The molecule has 1 aromatic carbocycles. The molecule has 0 saturated carbocycles. The summed E-state index contributed by atoms with van der Waals surface area (Å²) >= 11 is 2.68. The van der Waals surface area contributed by atoms with Crippen LogP contribution in [0.2, 0.25) is 0 Å². The minimum Gasteiger partial charge on any atom is -0.265 e. The monoisotopic (exact) mass is 443 g/mol. The van der Waals surface area contributed by atoms with Gasteiger partial charge >= 0.3 is 0 Å². The minimum atomic E-state index is -3.59. The van der Waals surface area contributed by atoms with E-state index in [9.17, 15) is 8.42 Å². The highest BCUT2D eigenvalue weighted by Gasteiger charge is 2.33. The summed E-state index contributed by atoms with van der Waals surface area (Å²) in [5.41, 5.74) is 3.08. The summed E-state index contributed by atoms with van der Waals surface area (Å²) in [6.45, 7) is 0.955. The molecule has 0 atom stereocenters. The highest BCUT2D eigenvalue weighted by molar-refractivity contribution is 7.89. The van der Waals surface area contributed by atoms with Crippen LogP contribution in [-0.4, -0.2) is 35.8 Å². The van der Waals surface area contributed by atoms with Gasteiger partial charge in [-0.1, -0.05) is 6.07 Å². The summed E-state index contributed by atoms with van der Waals surface area (Å²) < 4.78 is 36.3. The largest absolute Gasteiger partial charge is 0.265 e. The van der Waals surface area contributed by atoms with E-state index in [0.717, 1.165) is 40.5 Å². The highest BCUT2D eigenvalue weighted by Crippen LogP contribution is 2.40. The van der Waals surface area contributed by atoms with E-state index < -0.39 is 10.0 Å². The topological polar surface area (TPSA) is 87.9 Å². The Hall–Kier alpha value is -2.27. The van der Waals surface area contributed by atoms with Crippen LogP contribution < -0.4 is 0 Å². The van der Waals surface area contributed by atoms with Crippen LogP contribution in [0.5, 0.6) is 0 Å². The van der Waals surface area contributed by atoms with E-state index in [1.165, 1.54) is 0 Å². The van der Waals surface area contributed by atoms with Crippen molar-refractivity contribution in [2.24, 2.45) is 8.73 Å². The second-order valence-corrected chi connectivity index (χ2v) is 10.2. The molecule has 3 aromatic rings. The number of nitrogens with zero attached hydrogens (tertiary/aromatic N) is 5. The molecule has 1 fully saturated rings. The van der Waals surface area contributed by atoms with E-state index in [0.29, 0.717) is 24.5 Å². The van der Waals surface area contributed by atoms with Gasteiger partial charge in [0.05, 0.1) is 22.1 Å². The Morgan fingerprint density at radius 1 is 1.03 bits per heavy atom. The Morgan fingerprint density at radius 3 is 2.62 bits per heavy atom. The Labute approximate surface area is 176 Å². The third kappa shape index (κ3) is 3.46. The van der Waals surface area contributed by atoms with Crippen molar-refractivity contribution in [1.82, 2.24) is 14.3 Å². The lowest BCUT2D eigenvalue weighted by atomic mass is 9.99. The van der Waals surface area contributed by atoms with Gasteiger partial charge in [-0.05, 0) is 37.1 Å². The fourth-order valence-electron chi connectivity index (χ4n) is 3.60. The summed E-state index contributed by atoms with van der Waals surface area (Å²) in [5.74, 6) is 0.277. The third-order valence-corrected chi connectivity index (χ3v) is 8.65. The quantitative estimate of drug-likeness (QED) is 0.465. The molecule has 0 bridgehead atoms. The predicted octanol–water partition coefficient (Wildman–Crippen LogP) is 4.50. The number of rotatable bonds is 4. The van der Waals surface area contributed by atoms with E-state index in [1.807, 2.05) is 12.1 Å². The lowest BCUT2D eigenvalue weighted by molar-refractivity contribution is 0.319. The molecule has 2 aromatic heterocycles. The predicted molar refractivity (Wildman–Crippen MR) is 114 cm³/mol. The van der Waals surface area contributed by atoms with Crippen LogP contribution >= 0.6 is 11.3 Å². The second-order valence-electron chi connectivity index (χ2n) is 6.87. The molecule has 0 spiro atoms. The zero-order valence-corrected chi connectivity index (χ0v) is 17.8. The number of hydrogen-bond donors (Lipinski definition) is 0. The number of fused-ring (bicyclic) bond motifs is 1. The summed E-state index contributed by atoms with van der Waals surface area (Å²) in [4.78, 5) is 9.08. The van der Waals surface area contributed by atoms with Crippen molar-refractivity contribution >= 4 is 44.1 Å². The number of piperidine rings is 1.